The maximum Gasteiger partial charge on any atom is 0.325 e. The summed E-state index contributed by atoms with van der Waals surface area (Å²) in [5.74, 6) is -0.672. The minimum atomic E-state index is -0.451. The number of methoxy groups -OCH3 is 1. The van der Waals surface area contributed by atoms with Crippen molar-refractivity contribution in [2.75, 3.05) is 20.2 Å². The molecule has 0 aromatic carbocycles. The topological polar surface area (TPSA) is 88.9 Å². The molecule has 1 heterocycles. The summed E-state index contributed by atoms with van der Waals surface area (Å²) in [6.45, 7) is 3.96. The second-order valence-corrected chi connectivity index (χ2v) is 5.03. The largest absolute Gasteiger partial charge is 0.468 e. The highest BCUT2D eigenvalue weighted by Crippen LogP contribution is 2.04. The smallest absolute Gasteiger partial charge is 0.325 e. The average molecular weight is 310 g/mol. The molecule has 0 unspecified atom stereocenters. The Morgan fingerprint density at radius 2 is 2.09 bits per heavy atom. The quantitative estimate of drug-likeness (QED) is 0.575. The Morgan fingerprint density at radius 3 is 2.64 bits per heavy atom. The molecule has 7 nitrogen and oxygen atoms in total. The maximum absolute atomic E-state index is 12.1. The molecule has 22 heavy (non-hydrogen) atoms. The summed E-state index contributed by atoms with van der Waals surface area (Å²) < 4.78 is 9.54. The highest BCUT2D eigenvalue weighted by Gasteiger charge is 2.20. The van der Waals surface area contributed by atoms with Gasteiger partial charge in [0.05, 0.1) is 13.4 Å². The molecule has 0 radical (unpaired) electrons. The fourth-order valence-electron chi connectivity index (χ4n) is 1.84. The number of hydrogen-bond acceptors (Lipinski definition) is 5. The summed E-state index contributed by atoms with van der Waals surface area (Å²) in [7, 11) is 1.29. The molecule has 0 aliphatic rings. The van der Waals surface area contributed by atoms with Gasteiger partial charge in [0.2, 0.25) is 5.91 Å². The minimum absolute atomic E-state index is 0.0637. The van der Waals surface area contributed by atoms with Gasteiger partial charge < -0.3 is 19.4 Å². The molecule has 0 aliphatic heterocycles. The molecule has 7 heteroatoms. The van der Waals surface area contributed by atoms with Gasteiger partial charge in [-0.3, -0.25) is 14.4 Å². The number of amides is 2. The van der Waals surface area contributed by atoms with Crippen LogP contribution in [0.4, 0.5) is 0 Å². The Kier molecular flexibility index (Phi) is 7.15. The fraction of sp³-hybridized carbons (Fsp3) is 0.533. The molecule has 0 bridgehead atoms. The number of furan rings is 1. The van der Waals surface area contributed by atoms with Crippen LogP contribution < -0.4 is 5.32 Å². The minimum Gasteiger partial charge on any atom is -0.468 e. The highest BCUT2D eigenvalue weighted by molar-refractivity contribution is 5.91. The van der Waals surface area contributed by atoms with Crippen molar-refractivity contribution in [3.8, 4) is 0 Å². The van der Waals surface area contributed by atoms with E-state index in [1.807, 2.05) is 13.8 Å². The zero-order valence-electron chi connectivity index (χ0n) is 13.1. The molecule has 1 aromatic heterocycles. The molecule has 0 saturated heterocycles. The van der Waals surface area contributed by atoms with E-state index in [1.165, 1.54) is 18.3 Å². The monoisotopic (exact) mass is 310 g/mol. The molecule has 122 valence electrons. The first-order valence-corrected chi connectivity index (χ1v) is 7.13. The Labute approximate surface area is 129 Å². The number of ether oxygens (including phenoxy) is 1. The number of nitrogens with one attached hydrogen (secondary N) is 1. The van der Waals surface area contributed by atoms with E-state index in [9.17, 15) is 14.4 Å². The van der Waals surface area contributed by atoms with E-state index < -0.39 is 5.97 Å². The van der Waals surface area contributed by atoms with Gasteiger partial charge in [-0.15, -0.1) is 0 Å². The second kappa shape index (κ2) is 8.86. The van der Waals surface area contributed by atoms with Crippen LogP contribution in [0, 0.1) is 0 Å². The van der Waals surface area contributed by atoms with Gasteiger partial charge >= 0.3 is 5.97 Å². The summed E-state index contributed by atoms with van der Waals surface area (Å²) in [6.07, 6.45) is 2.15. The van der Waals surface area contributed by atoms with Crippen LogP contribution in [0.5, 0.6) is 0 Å². The van der Waals surface area contributed by atoms with Crippen molar-refractivity contribution >= 4 is 17.8 Å². The average Bonchev–Trinajstić information content (AvgIpc) is 3.02. The van der Waals surface area contributed by atoms with E-state index in [-0.39, 0.29) is 36.6 Å². The molecule has 0 fully saturated rings. The van der Waals surface area contributed by atoms with E-state index in [1.54, 1.807) is 12.1 Å². The van der Waals surface area contributed by atoms with Gasteiger partial charge in [0.25, 0.3) is 5.91 Å². The van der Waals surface area contributed by atoms with E-state index in [4.69, 9.17) is 4.42 Å². The van der Waals surface area contributed by atoms with Crippen LogP contribution in [-0.4, -0.2) is 48.9 Å². The van der Waals surface area contributed by atoms with Crippen LogP contribution in [0.25, 0.3) is 0 Å². The third-order valence-electron chi connectivity index (χ3n) is 3.07. The van der Waals surface area contributed by atoms with Crippen molar-refractivity contribution in [3.05, 3.63) is 24.2 Å². The SMILES string of the molecule is COC(=O)CN(C(=O)CCCNC(=O)c1ccco1)C(C)C. The van der Waals surface area contributed by atoms with Gasteiger partial charge in [0.1, 0.15) is 6.54 Å². The number of carbonyl (C=O) groups excluding carboxylic acids is 3. The Balaban J connectivity index is 2.34. The Hall–Kier alpha value is -2.31. The third-order valence-corrected chi connectivity index (χ3v) is 3.07. The summed E-state index contributed by atoms with van der Waals surface area (Å²) in [5.41, 5.74) is 0. The lowest BCUT2D eigenvalue weighted by Gasteiger charge is -2.25. The van der Waals surface area contributed by atoms with E-state index >= 15 is 0 Å². The van der Waals surface area contributed by atoms with E-state index in [2.05, 4.69) is 10.1 Å². The summed E-state index contributed by atoms with van der Waals surface area (Å²) in [4.78, 5) is 36.5. The molecule has 0 atom stereocenters. The van der Waals surface area contributed by atoms with Crippen molar-refractivity contribution in [2.24, 2.45) is 0 Å². The number of esters is 1. The zero-order valence-corrected chi connectivity index (χ0v) is 13.1. The molecule has 0 aliphatic carbocycles. The van der Waals surface area contributed by atoms with E-state index in [0.717, 1.165) is 0 Å². The molecular formula is C15H22N2O5. The van der Waals surface area contributed by atoms with Crippen LogP contribution in [0.1, 0.15) is 37.2 Å². The van der Waals surface area contributed by atoms with Crippen LogP contribution in [-0.2, 0) is 14.3 Å². The van der Waals surface area contributed by atoms with E-state index in [0.29, 0.717) is 13.0 Å². The third kappa shape index (κ3) is 5.59. The van der Waals surface area contributed by atoms with Gasteiger partial charge in [0.15, 0.2) is 5.76 Å². The molecular weight excluding hydrogens is 288 g/mol. The molecule has 2 amide bonds. The molecule has 1 N–H and O–H groups in total. The summed E-state index contributed by atoms with van der Waals surface area (Å²) in [6, 6.07) is 3.10. The van der Waals surface area contributed by atoms with Crippen molar-refractivity contribution in [2.45, 2.75) is 32.7 Å². The van der Waals surface area contributed by atoms with Crippen molar-refractivity contribution < 1.29 is 23.5 Å². The number of nitrogens with zero attached hydrogens (tertiary/aromatic N) is 1. The molecule has 0 saturated carbocycles. The van der Waals surface area contributed by atoms with Crippen LogP contribution in [0.2, 0.25) is 0 Å². The number of rotatable bonds is 8. The normalized spacial score (nSPS) is 10.4. The van der Waals surface area contributed by atoms with Crippen LogP contribution >= 0.6 is 0 Å². The van der Waals surface area contributed by atoms with Crippen LogP contribution in [0.3, 0.4) is 0 Å². The Morgan fingerprint density at radius 1 is 1.36 bits per heavy atom. The summed E-state index contributed by atoms with van der Waals surface area (Å²) in [5, 5.41) is 2.67. The first-order chi connectivity index (χ1) is 10.5. The predicted octanol–water partition coefficient (Wildman–Crippen LogP) is 1.20. The van der Waals surface area contributed by atoms with Gasteiger partial charge in [0, 0.05) is 19.0 Å². The zero-order chi connectivity index (χ0) is 16.5. The van der Waals surface area contributed by atoms with Crippen molar-refractivity contribution in [1.29, 1.82) is 0 Å². The lowest BCUT2D eigenvalue weighted by molar-refractivity contribution is -0.148. The standard InChI is InChI=1S/C15H22N2O5/c1-11(2)17(10-14(19)21-3)13(18)7-4-8-16-15(20)12-6-5-9-22-12/h5-6,9,11H,4,7-8,10H2,1-3H3,(H,16,20). The fourth-order valence-corrected chi connectivity index (χ4v) is 1.84. The van der Waals surface area contributed by atoms with Gasteiger partial charge in [-0.2, -0.15) is 0 Å². The molecule has 1 rings (SSSR count). The van der Waals surface area contributed by atoms with Crippen LogP contribution in [0.15, 0.2) is 22.8 Å². The Bertz CT molecular complexity index is 496. The highest BCUT2D eigenvalue weighted by atomic mass is 16.5. The molecule has 0 spiro atoms. The first-order valence-electron chi connectivity index (χ1n) is 7.13. The lowest BCUT2D eigenvalue weighted by atomic mass is 10.2. The number of hydrogen-bond donors (Lipinski definition) is 1. The van der Waals surface area contributed by atoms with Crippen molar-refractivity contribution in [1.82, 2.24) is 10.2 Å². The predicted molar refractivity (Wildman–Crippen MR) is 79.1 cm³/mol. The first kappa shape index (κ1) is 17.7. The van der Waals surface area contributed by atoms with Crippen molar-refractivity contribution in [3.63, 3.8) is 0 Å². The van der Waals surface area contributed by atoms with Gasteiger partial charge in [-0.05, 0) is 32.4 Å². The second-order valence-electron chi connectivity index (χ2n) is 5.03. The van der Waals surface area contributed by atoms with Gasteiger partial charge in [-0.25, -0.2) is 0 Å². The lowest BCUT2D eigenvalue weighted by Crippen LogP contribution is -2.41. The van der Waals surface area contributed by atoms with Gasteiger partial charge in [-0.1, -0.05) is 0 Å². The number of carbonyl (C=O) groups is 3. The summed E-state index contributed by atoms with van der Waals surface area (Å²) >= 11 is 0. The molecule has 1 aromatic rings. The maximum atomic E-state index is 12.1.